The molecule has 2 rings (SSSR count). The molecule has 0 saturated carbocycles. The van der Waals surface area contributed by atoms with E-state index >= 15 is 0 Å². The van der Waals surface area contributed by atoms with Crippen molar-refractivity contribution in [2.75, 3.05) is 32.8 Å². The summed E-state index contributed by atoms with van der Waals surface area (Å²) < 4.78 is 81.0. The number of nitrogens with one attached hydrogen (secondary N) is 1. The number of benzene rings is 1. The van der Waals surface area contributed by atoms with Crippen LogP contribution in [0.1, 0.15) is 17.2 Å². The van der Waals surface area contributed by atoms with E-state index in [-0.39, 0.29) is 13.1 Å². The second kappa shape index (κ2) is 6.66. The molecule has 1 aliphatic rings. The molecule has 23 heavy (non-hydrogen) atoms. The molecule has 1 aromatic carbocycles. The molecule has 0 spiro atoms. The highest BCUT2D eigenvalue weighted by Crippen LogP contribution is 2.41. The Morgan fingerprint density at radius 2 is 1.74 bits per heavy atom. The number of hydrogen-bond donors (Lipinski definition) is 2. The Bertz CT molecular complexity index is 543. The maximum absolute atomic E-state index is 14.3. The third-order valence-corrected chi connectivity index (χ3v) is 3.76. The maximum atomic E-state index is 14.3. The lowest BCUT2D eigenvalue weighted by atomic mass is 9.95. The molecule has 2 N–H and O–H groups in total. The summed E-state index contributed by atoms with van der Waals surface area (Å²) in [5, 5.41) is 11.9. The molecule has 0 unspecified atom stereocenters. The molecule has 0 aliphatic carbocycles. The van der Waals surface area contributed by atoms with E-state index in [2.05, 4.69) is 5.32 Å². The first-order valence-electron chi connectivity index (χ1n) is 6.97. The molecule has 1 saturated heterocycles. The average molecular weight is 342 g/mol. The lowest BCUT2D eigenvalue weighted by Crippen LogP contribution is -2.51. The number of alkyl halides is 5. The van der Waals surface area contributed by atoms with Crippen molar-refractivity contribution in [3.05, 3.63) is 35.1 Å². The summed E-state index contributed by atoms with van der Waals surface area (Å²) >= 11 is 0. The minimum absolute atomic E-state index is 0.107. The SMILES string of the molecule is OCC(F)(F)[C@H](c1cccc(C(F)(F)F)c1F)N1CCNCC1. The van der Waals surface area contributed by atoms with Crippen LogP contribution in [-0.4, -0.2) is 48.7 Å². The van der Waals surface area contributed by atoms with Crippen LogP contribution in [0.3, 0.4) is 0 Å². The van der Waals surface area contributed by atoms with Crippen LogP contribution in [0.25, 0.3) is 0 Å². The van der Waals surface area contributed by atoms with Gasteiger partial charge in [0.25, 0.3) is 5.92 Å². The quantitative estimate of drug-likeness (QED) is 0.825. The lowest BCUT2D eigenvalue weighted by molar-refractivity contribution is -0.141. The van der Waals surface area contributed by atoms with E-state index in [4.69, 9.17) is 5.11 Å². The molecule has 0 bridgehead atoms. The van der Waals surface area contributed by atoms with E-state index in [0.717, 1.165) is 12.1 Å². The fourth-order valence-corrected chi connectivity index (χ4v) is 2.70. The number of hydrogen-bond acceptors (Lipinski definition) is 3. The molecular formula is C14H16F6N2O. The van der Waals surface area contributed by atoms with Crippen LogP contribution >= 0.6 is 0 Å². The Labute approximate surface area is 128 Å². The van der Waals surface area contributed by atoms with Gasteiger partial charge in [0.05, 0.1) is 5.56 Å². The van der Waals surface area contributed by atoms with Gasteiger partial charge in [-0.3, -0.25) is 4.90 Å². The van der Waals surface area contributed by atoms with Crippen LogP contribution in [-0.2, 0) is 6.18 Å². The second-order valence-electron chi connectivity index (χ2n) is 5.31. The normalized spacial score (nSPS) is 18.9. The Morgan fingerprint density at radius 3 is 2.26 bits per heavy atom. The molecule has 1 fully saturated rings. The van der Waals surface area contributed by atoms with Crippen molar-refractivity contribution in [1.29, 1.82) is 0 Å². The number of aliphatic hydroxyl groups excluding tert-OH is 1. The minimum Gasteiger partial charge on any atom is -0.390 e. The van der Waals surface area contributed by atoms with Crippen LogP contribution in [0.15, 0.2) is 18.2 Å². The van der Waals surface area contributed by atoms with Crippen molar-refractivity contribution in [1.82, 2.24) is 10.2 Å². The molecule has 9 heteroatoms. The molecule has 3 nitrogen and oxygen atoms in total. The summed E-state index contributed by atoms with van der Waals surface area (Å²) in [5.74, 6) is -5.50. The van der Waals surface area contributed by atoms with E-state index in [1.165, 1.54) is 4.90 Å². The third kappa shape index (κ3) is 3.78. The van der Waals surface area contributed by atoms with Gasteiger partial charge >= 0.3 is 6.18 Å². The highest BCUT2D eigenvalue weighted by molar-refractivity contribution is 5.32. The molecule has 1 atom stereocenters. The topological polar surface area (TPSA) is 35.5 Å². The van der Waals surface area contributed by atoms with Gasteiger partial charge in [-0.15, -0.1) is 0 Å². The Balaban J connectivity index is 2.51. The van der Waals surface area contributed by atoms with E-state index < -0.39 is 41.7 Å². The largest absolute Gasteiger partial charge is 0.419 e. The molecule has 1 aromatic rings. The number of aliphatic hydroxyl groups is 1. The van der Waals surface area contributed by atoms with Crippen molar-refractivity contribution in [2.45, 2.75) is 18.1 Å². The highest BCUT2D eigenvalue weighted by Gasteiger charge is 2.46. The van der Waals surface area contributed by atoms with Crippen LogP contribution in [0, 0.1) is 5.82 Å². The van der Waals surface area contributed by atoms with E-state index in [1.54, 1.807) is 0 Å². The number of rotatable bonds is 4. The van der Waals surface area contributed by atoms with Gasteiger partial charge in [-0.1, -0.05) is 12.1 Å². The van der Waals surface area contributed by atoms with Crippen LogP contribution in [0.5, 0.6) is 0 Å². The van der Waals surface area contributed by atoms with Crippen molar-refractivity contribution in [3.8, 4) is 0 Å². The van der Waals surface area contributed by atoms with Gasteiger partial charge < -0.3 is 10.4 Å². The van der Waals surface area contributed by atoms with Gasteiger partial charge in [0, 0.05) is 31.7 Å². The minimum atomic E-state index is -4.98. The van der Waals surface area contributed by atoms with E-state index in [0.29, 0.717) is 19.2 Å². The lowest BCUT2D eigenvalue weighted by Gasteiger charge is -2.39. The third-order valence-electron chi connectivity index (χ3n) is 3.76. The predicted molar refractivity (Wildman–Crippen MR) is 70.6 cm³/mol. The maximum Gasteiger partial charge on any atom is 0.419 e. The Hall–Kier alpha value is -1.32. The summed E-state index contributed by atoms with van der Waals surface area (Å²) in [6.07, 6.45) is -4.98. The fourth-order valence-electron chi connectivity index (χ4n) is 2.70. The van der Waals surface area contributed by atoms with Crippen LogP contribution < -0.4 is 5.32 Å². The van der Waals surface area contributed by atoms with Gasteiger partial charge in [0.15, 0.2) is 0 Å². The van der Waals surface area contributed by atoms with Gasteiger partial charge in [0.2, 0.25) is 0 Å². The van der Waals surface area contributed by atoms with Crippen molar-refractivity contribution in [2.24, 2.45) is 0 Å². The second-order valence-corrected chi connectivity index (χ2v) is 5.31. The first-order valence-corrected chi connectivity index (χ1v) is 6.97. The summed E-state index contributed by atoms with van der Waals surface area (Å²) in [5.41, 5.74) is -2.36. The zero-order chi connectivity index (χ0) is 17.3. The highest BCUT2D eigenvalue weighted by atomic mass is 19.4. The van der Waals surface area contributed by atoms with Crippen molar-refractivity contribution in [3.63, 3.8) is 0 Å². The van der Waals surface area contributed by atoms with Gasteiger partial charge in [0.1, 0.15) is 18.5 Å². The average Bonchev–Trinajstić information content (AvgIpc) is 2.49. The first-order chi connectivity index (χ1) is 10.7. The number of halogens is 6. The zero-order valence-corrected chi connectivity index (χ0v) is 12.0. The molecule has 1 aliphatic heterocycles. The van der Waals surface area contributed by atoms with Gasteiger partial charge in [-0.05, 0) is 6.07 Å². The Kier molecular flexibility index (Phi) is 5.22. The molecule has 0 radical (unpaired) electrons. The monoisotopic (exact) mass is 342 g/mol. The molecule has 0 aromatic heterocycles. The first kappa shape index (κ1) is 18.0. The van der Waals surface area contributed by atoms with Crippen molar-refractivity contribution < 1.29 is 31.4 Å². The molecule has 130 valence electrons. The number of piperazine rings is 1. The smallest absolute Gasteiger partial charge is 0.390 e. The van der Waals surface area contributed by atoms with Gasteiger partial charge in [-0.25, -0.2) is 13.2 Å². The molecular weight excluding hydrogens is 326 g/mol. The fraction of sp³-hybridized carbons (Fsp3) is 0.571. The molecule has 1 heterocycles. The molecule has 0 amide bonds. The standard InChI is InChI=1S/C14H16F6N2O/c15-11-9(2-1-3-10(11)14(18,19)20)12(13(16,17)8-23)22-6-4-21-5-7-22/h1-3,12,21,23H,4-8H2/t12-/m0/s1. The summed E-state index contributed by atoms with van der Waals surface area (Å²) in [4.78, 5) is 1.19. The zero-order valence-electron chi connectivity index (χ0n) is 12.0. The van der Waals surface area contributed by atoms with Crippen molar-refractivity contribution >= 4 is 0 Å². The summed E-state index contributed by atoms with van der Waals surface area (Å²) in [6.45, 7) is -0.680. The van der Waals surface area contributed by atoms with E-state index in [1.807, 2.05) is 0 Å². The summed E-state index contributed by atoms with van der Waals surface area (Å²) in [6, 6.07) is 0.340. The van der Waals surface area contributed by atoms with Crippen LogP contribution in [0.2, 0.25) is 0 Å². The number of nitrogens with zero attached hydrogens (tertiary/aromatic N) is 1. The summed E-state index contributed by atoms with van der Waals surface area (Å²) in [7, 11) is 0. The van der Waals surface area contributed by atoms with E-state index in [9.17, 15) is 26.3 Å². The van der Waals surface area contributed by atoms with Gasteiger partial charge in [-0.2, -0.15) is 13.2 Å². The van der Waals surface area contributed by atoms with Crippen LogP contribution in [0.4, 0.5) is 26.3 Å². The Morgan fingerprint density at radius 1 is 1.13 bits per heavy atom. The predicted octanol–water partition coefficient (Wildman–Crippen LogP) is 2.42.